The van der Waals surface area contributed by atoms with E-state index in [0.29, 0.717) is 5.56 Å². The second-order valence-corrected chi connectivity index (χ2v) is 9.74. The molecule has 40 heavy (non-hydrogen) atoms. The van der Waals surface area contributed by atoms with E-state index in [1.54, 1.807) is 30.3 Å². The zero-order valence-electron chi connectivity index (χ0n) is 21.1. The Morgan fingerprint density at radius 3 is 2.42 bits per heavy atom. The molecule has 212 valence electrons. The molecule has 0 aliphatic carbocycles. The number of aliphatic hydroxyl groups is 2. The van der Waals surface area contributed by atoms with Gasteiger partial charge in [-0.1, -0.05) is 30.3 Å². The van der Waals surface area contributed by atoms with Crippen LogP contribution in [0.2, 0.25) is 0 Å². The minimum absolute atomic E-state index is 0.326. The number of H-pyrrole nitrogens is 1. The Labute approximate surface area is 225 Å². The van der Waals surface area contributed by atoms with E-state index in [4.69, 9.17) is 9.47 Å². The van der Waals surface area contributed by atoms with Gasteiger partial charge in [-0.15, -0.1) is 0 Å². The second-order valence-electron chi connectivity index (χ2n) is 9.74. The molecule has 0 radical (unpaired) electrons. The van der Waals surface area contributed by atoms with Crippen LogP contribution < -0.4 is 21.9 Å². The number of nitrogens with zero attached hydrogens (tertiary/aromatic N) is 2. The third-order valence-corrected chi connectivity index (χ3v) is 7.44. The van der Waals surface area contributed by atoms with Gasteiger partial charge in [0.1, 0.15) is 30.9 Å². The van der Waals surface area contributed by atoms with Crippen molar-refractivity contribution in [3.63, 3.8) is 0 Å². The van der Waals surface area contributed by atoms with Crippen molar-refractivity contribution in [1.82, 2.24) is 25.1 Å². The van der Waals surface area contributed by atoms with Crippen molar-refractivity contribution in [2.24, 2.45) is 11.8 Å². The van der Waals surface area contributed by atoms with Gasteiger partial charge in [-0.3, -0.25) is 43.7 Å². The molecule has 3 aliphatic heterocycles. The molecule has 1 aromatic carbocycles. The van der Waals surface area contributed by atoms with Gasteiger partial charge in [-0.25, -0.2) is 4.79 Å². The molecule has 3 aliphatic rings. The molecule has 8 atom stereocenters. The molecule has 5 N–H and O–H groups in total. The van der Waals surface area contributed by atoms with E-state index in [1.165, 1.54) is 7.11 Å². The first-order valence-electron chi connectivity index (χ1n) is 12.5. The van der Waals surface area contributed by atoms with Crippen LogP contribution in [0.5, 0.6) is 0 Å². The van der Waals surface area contributed by atoms with E-state index in [-0.39, 0.29) is 6.54 Å². The highest BCUT2D eigenvalue weighted by atomic mass is 16.6. The summed E-state index contributed by atoms with van der Waals surface area (Å²) in [5, 5.41) is 26.2. The van der Waals surface area contributed by atoms with Gasteiger partial charge in [0.2, 0.25) is 17.7 Å². The highest BCUT2D eigenvalue weighted by Gasteiger charge is 2.61. The summed E-state index contributed by atoms with van der Waals surface area (Å²) in [6.45, 7) is -0.974. The summed E-state index contributed by atoms with van der Waals surface area (Å²) in [5.41, 5.74) is -0.813. The van der Waals surface area contributed by atoms with Crippen LogP contribution in [-0.2, 0) is 28.7 Å². The average molecular weight is 558 g/mol. The molecule has 0 bridgehead atoms. The SMILES string of the molecule is COC(=O)[C@@H]1[C@@H]2C(=O)N(CC(=O)NC[C@H]3O[C@@H](n4ccc(=O)[nH]c4=O)[C@H](O)[C@@H]3O)C(=O)[C@@H]2N[C@@H]1c1ccccc1. The Morgan fingerprint density at radius 1 is 1.02 bits per heavy atom. The number of aromatic amines is 1. The lowest BCUT2D eigenvalue weighted by Gasteiger charge is -2.23. The molecule has 15 nitrogen and oxygen atoms in total. The normalized spacial score (nSPS) is 31.3. The number of rotatable bonds is 7. The maximum atomic E-state index is 13.3. The van der Waals surface area contributed by atoms with Gasteiger partial charge >= 0.3 is 11.7 Å². The molecule has 2 aromatic rings. The zero-order valence-corrected chi connectivity index (χ0v) is 21.1. The van der Waals surface area contributed by atoms with E-state index < -0.39 is 89.9 Å². The van der Waals surface area contributed by atoms with Gasteiger partial charge in [0.05, 0.1) is 18.9 Å². The smallest absolute Gasteiger partial charge is 0.330 e. The third kappa shape index (κ3) is 4.72. The quantitative estimate of drug-likeness (QED) is 0.169. The number of esters is 1. The van der Waals surface area contributed by atoms with E-state index in [0.717, 1.165) is 21.7 Å². The second kappa shape index (κ2) is 10.8. The number of ether oxygens (including phenoxy) is 2. The van der Waals surface area contributed by atoms with Crippen LogP contribution in [0.1, 0.15) is 17.8 Å². The Morgan fingerprint density at radius 2 is 1.75 bits per heavy atom. The average Bonchev–Trinajstić information content (AvgIpc) is 3.55. The molecule has 1 aromatic heterocycles. The number of likely N-dealkylation sites (tertiary alicyclic amines) is 1. The minimum atomic E-state index is -1.55. The Bertz CT molecular complexity index is 1440. The minimum Gasteiger partial charge on any atom is -0.469 e. The standard InChI is InChI=1S/C25H27N5O10/c1-39-24(37)16-15-18(28-17(16)11-5-3-2-4-6-11)22(36)30(21(15)35)10-14(32)26-9-12-19(33)20(34)23(40-12)29-8-7-13(31)27-25(29)38/h2-8,12,15-20,23,28,33-34H,9-10H2,1H3,(H,26,32)(H,27,31,38)/t12-,15+,16-,17-,18-,19-,20-,23-/m1/s1. The van der Waals surface area contributed by atoms with Gasteiger partial charge in [0.15, 0.2) is 6.23 Å². The van der Waals surface area contributed by atoms with Gasteiger partial charge in [0.25, 0.3) is 5.56 Å². The van der Waals surface area contributed by atoms with E-state index >= 15 is 0 Å². The highest BCUT2D eigenvalue weighted by Crippen LogP contribution is 2.42. The summed E-state index contributed by atoms with van der Waals surface area (Å²) in [7, 11) is 1.19. The van der Waals surface area contributed by atoms with E-state index in [2.05, 4.69) is 10.6 Å². The van der Waals surface area contributed by atoms with Gasteiger partial charge in [-0.2, -0.15) is 0 Å². The largest absolute Gasteiger partial charge is 0.469 e. The summed E-state index contributed by atoms with van der Waals surface area (Å²) in [4.78, 5) is 77.9. The molecule has 3 amide bonds. The lowest BCUT2D eigenvalue weighted by molar-refractivity contribution is -0.152. The van der Waals surface area contributed by atoms with Crippen LogP contribution in [-0.4, -0.2) is 92.9 Å². The van der Waals surface area contributed by atoms with Crippen molar-refractivity contribution in [3.8, 4) is 0 Å². The van der Waals surface area contributed by atoms with Crippen molar-refractivity contribution in [3.05, 3.63) is 69.0 Å². The summed E-state index contributed by atoms with van der Waals surface area (Å²) in [5.74, 6) is -4.84. The van der Waals surface area contributed by atoms with Gasteiger partial charge in [-0.05, 0) is 5.56 Å². The number of aromatic nitrogens is 2. The van der Waals surface area contributed by atoms with Crippen LogP contribution in [0.15, 0.2) is 52.2 Å². The van der Waals surface area contributed by atoms with Crippen molar-refractivity contribution in [2.45, 2.75) is 36.6 Å². The van der Waals surface area contributed by atoms with Crippen LogP contribution in [0.3, 0.4) is 0 Å². The Balaban J connectivity index is 1.23. The van der Waals surface area contributed by atoms with Crippen molar-refractivity contribution in [2.75, 3.05) is 20.2 Å². The van der Waals surface area contributed by atoms with E-state index in [9.17, 15) is 39.0 Å². The maximum absolute atomic E-state index is 13.3. The fourth-order valence-corrected chi connectivity index (χ4v) is 5.50. The number of fused-ring (bicyclic) bond motifs is 1. The number of aliphatic hydroxyl groups excluding tert-OH is 2. The number of carbonyl (C=O) groups is 4. The number of imide groups is 1. The summed E-state index contributed by atoms with van der Waals surface area (Å²) in [6, 6.07) is 8.25. The summed E-state index contributed by atoms with van der Waals surface area (Å²) in [6.07, 6.45) is -4.43. The first-order valence-corrected chi connectivity index (χ1v) is 12.5. The fourth-order valence-electron chi connectivity index (χ4n) is 5.50. The number of carbonyl (C=O) groups excluding carboxylic acids is 4. The van der Waals surface area contributed by atoms with Crippen LogP contribution in [0.4, 0.5) is 0 Å². The van der Waals surface area contributed by atoms with Crippen LogP contribution in [0, 0.1) is 11.8 Å². The van der Waals surface area contributed by atoms with Crippen LogP contribution in [0.25, 0.3) is 0 Å². The zero-order chi connectivity index (χ0) is 28.7. The molecule has 15 heteroatoms. The molecule has 4 heterocycles. The lowest BCUT2D eigenvalue weighted by atomic mass is 9.85. The number of nitrogens with one attached hydrogen (secondary N) is 3. The third-order valence-electron chi connectivity index (χ3n) is 7.44. The molecular formula is C25H27N5O10. The Hall–Kier alpha value is -4.18. The summed E-state index contributed by atoms with van der Waals surface area (Å²) < 4.78 is 11.4. The van der Waals surface area contributed by atoms with Crippen molar-refractivity contribution >= 4 is 23.7 Å². The molecule has 5 rings (SSSR count). The van der Waals surface area contributed by atoms with Gasteiger partial charge < -0.3 is 25.0 Å². The number of hydrogen-bond acceptors (Lipinski definition) is 11. The predicted octanol–water partition coefficient (Wildman–Crippen LogP) is -3.24. The summed E-state index contributed by atoms with van der Waals surface area (Å²) >= 11 is 0. The lowest BCUT2D eigenvalue weighted by Crippen LogP contribution is -2.47. The van der Waals surface area contributed by atoms with Crippen molar-refractivity contribution in [1.29, 1.82) is 0 Å². The fraction of sp³-hybridized carbons (Fsp3) is 0.440. The topological polar surface area (TPSA) is 209 Å². The molecular weight excluding hydrogens is 530 g/mol. The Kier molecular flexibility index (Phi) is 7.37. The first-order chi connectivity index (χ1) is 19.1. The number of benzene rings is 1. The molecule has 0 saturated carbocycles. The van der Waals surface area contributed by atoms with E-state index in [1.807, 2.05) is 4.98 Å². The monoisotopic (exact) mass is 557 g/mol. The van der Waals surface area contributed by atoms with Crippen molar-refractivity contribution < 1.29 is 38.9 Å². The highest BCUT2D eigenvalue weighted by molar-refractivity contribution is 6.11. The number of amides is 3. The molecule has 0 spiro atoms. The molecule has 3 saturated heterocycles. The number of methoxy groups -OCH3 is 1. The van der Waals surface area contributed by atoms with Gasteiger partial charge in [0, 0.05) is 24.8 Å². The first kappa shape index (κ1) is 27.4. The van der Waals surface area contributed by atoms with Crippen LogP contribution >= 0.6 is 0 Å². The predicted molar refractivity (Wildman–Crippen MR) is 132 cm³/mol. The maximum Gasteiger partial charge on any atom is 0.330 e. The molecule has 3 fully saturated rings. The molecule has 0 unspecified atom stereocenters. The number of hydrogen-bond donors (Lipinski definition) is 5.